The highest BCUT2D eigenvalue weighted by Gasteiger charge is 2.36. The number of rotatable bonds is 2. The van der Waals surface area contributed by atoms with Crippen LogP contribution in [0.4, 0.5) is 6.01 Å². The predicted octanol–water partition coefficient (Wildman–Crippen LogP) is 3.67. The van der Waals surface area contributed by atoms with Crippen molar-refractivity contribution in [1.82, 2.24) is 9.88 Å². The summed E-state index contributed by atoms with van der Waals surface area (Å²) in [5, 5.41) is 0. The maximum Gasteiger partial charge on any atom is 0.298 e. The highest BCUT2D eigenvalue weighted by Crippen LogP contribution is 2.31. The minimum Gasteiger partial charge on any atom is -0.423 e. The molecule has 3 unspecified atom stereocenters. The van der Waals surface area contributed by atoms with E-state index in [1.165, 1.54) is 25.7 Å². The Hall–Kier alpha value is -1.55. The molecule has 1 aromatic carbocycles. The smallest absolute Gasteiger partial charge is 0.298 e. The van der Waals surface area contributed by atoms with E-state index >= 15 is 0 Å². The molecule has 2 aliphatic heterocycles. The Balaban J connectivity index is 1.55. The summed E-state index contributed by atoms with van der Waals surface area (Å²) in [6.07, 6.45) is 5.19. The summed E-state index contributed by atoms with van der Waals surface area (Å²) in [5.41, 5.74) is 1.85. The average molecular weight is 299 g/mol. The molecule has 0 bridgehead atoms. The fraction of sp³-hybridized carbons (Fsp3) is 0.611. The van der Waals surface area contributed by atoms with Gasteiger partial charge < -0.3 is 9.32 Å². The van der Waals surface area contributed by atoms with Crippen LogP contribution < -0.4 is 4.90 Å². The average Bonchev–Trinajstić information content (AvgIpc) is 3.11. The molecule has 3 heterocycles. The minimum atomic E-state index is 0.635. The van der Waals surface area contributed by atoms with Crippen molar-refractivity contribution in [3.63, 3.8) is 0 Å². The van der Waals surface area contributed by atoms with E-state index in [2.05, 4.69) is 28.6 Å². The maximum atomic E-state index is 5.97. The van der Waals surface area contributed by atoms with Gasteiger partial charge in [0.15, 0.2) is 5.58 Å². The third-order valence-electron chi connectivity index (χ3n) is 5.39. The van der Waals surface area contributed by atoms with E-state index in [1.54, 1.807) is 0 Å². The Morgan fingerprint density at radius 1 is 1.09 bits per heavy atom. The van der Waals surface area contributed by atoms with E-state index in [0.29, 0.717) is 18.1 Å². The van der Waals surface area contributed by atoms with Crippen LogP contribution in [0.25, 0.3) is 11.1 Å². The molecule has 4 nitrogen and oxygen atoms in total. The Labute approximate surface area is 132 Å². The highest BCUT2D eigenvalue weighted by molar-refractivity contribution is 5.74. The summed E-state index contributed by atoms with van der Waals surface area (Å²) < 4.78 is 5.97. The molecule has 0 radical (unpaired) electrons. The standard InChI is InChI=1S/C18H25N3O/c1-13-9-10-14(2)21(13)15-6-5-11-20(12-15)18-19-16-7-3-4-8-17(16)22-18/h3-4,7-8,13-15H,5-6,9-12H2,1-2H3. The Morgan fingerprint density at radius 3 is 2.64 bits per heavy atom. The van der Waals surface area contributed by atoms with Crippen molar-refractivity contribution >= 4 is 17.1 Å². The zero-order chi connectivity index (χ0) is 15.1. The molecular weight excluding hydrogens is 274 g/mol. The quantitative estimate of drug-likeness (QED) is 0.847. The molecule has 2 saturated heterocycles. The number of anilines is 1. The van der Waals surface area contributed by atoms with Gasteiger partial charge in [-0.05, 0) is 51.7 Å². The number of aromatic nitrogens is 1. The molecule has 22 heavy (non-hydrogen) atoms. The number of oxazole rings is 1. The molecule has 0 spiro atoms. The lowest BCUT2D eigenvalue weighted by molar-refractivity contribution is 0.128. The van der Waals surface area contributed by atoms with Crippen LogP contribution in [0.5, 0.6) is 0 Å². The van der Waals surface area contributed by atoms with E-state index in [0.717, 1.165) is 30.2 Å². The minimum absolute atomic E-state index is 0.635. The summed E-state index contributed by atoms with van der Waals surface area (Å²) in [6.45, 7) is 6.85. The topological polar surface area (TPSA) is 32.5 Å². The van der Waals surface area contributed by atoms with Crippen molar-refractivity contribution in [2.24, 2.45) is 0 Å². The third-order valence-corrected chi connectivity index (χ3v) is 5.39. The van der Waals surface area contributed by atoms with Gasteiger partial charge in [-0.1, -0.05) is 12.1 Å². The van der Waals surface area contributed by atoms with Gasteiger partial charge in [0.25, 0.3) is 6.01 Å². The van der Waals surface area contributed by atoms with Gasteiger partial charge >= 0.3 is 0 Å². The molecule has 0 aliphatic carbocycles. The number of para-hydroxylation sites is 2. The number of likely N-dealkylation sites (tertiary alicyclic amines) is 1. The summed E-state index contributed by atoms with van der Waals surface area (Å²) in [5.74, 6) is 0. The van der Waals surface area contributed by atoms with E-state index in [1.807, 2.05) is 24.3 Å². The van der Waals surface area contributed by atoms with Crippen molar-refractivity contribution in [3.05, 3.63) is 24.3 Å². The summed E-state index contributed by atoms with van der Waals surface area (Å²) in [6, 6.07) is 10.9. The largest absolute Gasteiger partial charge is 0.423 e. The van der Waals surface area contributed by atoms with Gasteiger partial charge in [0.05, 0.1) is 0 Å². The summed E-state index contributed by atoms with van der Waals surface area (Å²) in [7, 11) is 0. The number of nitrogens with zero attached hydrogens (tertiary/aromatic N) is 3. The normalized spacial score (nSPS) is 30.3. The zero-order valence-electron chi connectivity index (χ0n) is 13.5. The van der Waals surface area contributed by atoms with Crippen LogP contribution in [0.15, 0.2) is 28.7 Å². The molecule has 0 saturated carbocycles. The van der Waals surface area contributed by atoms with Crippen LogP contribution in [0.3, 0.4) is 0 Å². The van der Waals surface area contributed by atoms with Gasteiger partial charge in [0, 0.05) is 31.2 Å². The lowest BCUT2D eigenvalue weighted by atomic mass is 10.0. The molecular formula is C18H25N3O. The van der Waals surface area contributed by atoms with Gasteiger partial charge in [-0.15, -0.1) is 0 Å². The van der Waals surface area contributed by atoms with Crippen LogP contribution in [0.1, 0.15) is 39.5 Å². The monoisotopic (exact) mass is 299 g/mol. The van der Waals surface area contributed by atoms with Crippen LogP contribution in [-0.4, -0.2) is 41.1 Å². The van der Waals surface area contributed by atoms with Crippen molar-refractivity contribution < 1.29 is 4.42 Å². The third kappa shape index (κ3) is 2.39. The number of hydrogen-bond acceptors (Lipinski definition) is 4. The molecule has 118 valence electrons. The van der Waals surface area contributed by atoms with Crippen LogP contribution >= 0.6 is 0 Å². The van der Waals surface area contributed by atoms with Crippen LogP contribution in [0, 0.1) is 0 Å². The molecule has 0 N–H and O–H groups in total. The molecule has 0 amide bonds. The molecule has 2 aromatic rings. The lowest BCUT2D eigenvalue weighted by Gasteiger charge is -2.41. The van der Waals surface area contributed by atoms with Crippen molar-refractivity contribution in [1.29, 1.82) is 0 Å². The number of fused-ring (bicyclic) bond motifs is 1. The second kappa shape index (κ2) is 5.58. The Morgan fingerprint density at radius 2 is 1.86 bits per heavy atom. The van der Waals surface area contributed by atoms with Crippen molar-refractivity contribution in [3.8, 4) is 0 Å². The van der Waals surface area contributed by atoms with E-state index in [9.17, 15) is 0 Å². The Kier molecular flexibility index (Phi) is 3.57. The molecule has 2 fully saturated rings. The van der Waals surface area contributed by atoms with Gasteiger partial charge in [-0.2, -0.15) is 4.98 Å². The van der Waals surface area contributed by atoms with Crippen molar-refractivity contribution in [2.75, 3.05) is 18.0 Å². The predicted molar refractivity (Wildman–Crippen MR) is 89.2 cm³/mol. The van der Waals surface area contributed by atoms with Gasteiger partial charge in [-0.25, -0.2) is 0 Å². The second-order valence-corrected chi connectivity index (χ2v) is 6.93. The van der Waals surface area contributed by atoms with Gasteiger partial charge in [0.2, 0.25) is 0 Å². The fourth-order valence-electron chi connectivity index (χ4n) is 4.30. The maximum absolute atomic E-state index is 5.97. The fourth-order valence-corrected chi connectivity index (χ4v) is 4.30. The summed E-state index contributed by atoms with van der Waals surface area (Å²) in [4.78, 5) is 9.75. The lowest BCUT2D eigenvalue weighted by Crippen LogP contribution is -2.51. The Bertz CT molecular complexity index is 610. The van der Waals surface area contributed by atoms with Gasteiger partial charge in [-0.3, -0.25) is 4.90 Å². The SMILES string of the molecule is CC1CCC(C)N1C1CCCN(c2nc3ccccc3o2)C1. The number of hydrogen-bond donors (Lipinski definition) is 0. The zero-order valence-corrected chi connectivity index (χ0v) is 13.5. The molecule has 4 rings (SSSR count). The van der Waals surface area contributed by atoms with Crippen LogP contribution in [0.2, 0.25) is 0 Å². The van der Waals surface area contributed by atoms with E-state index in [-0.39, 0.29) is 0 Å². The van der Waals surface area contributed by atoms with E-state index < -0.39 is 0 Å². The number of benzene rings is 1. The van der Waals surface area contributed by atoms with E-state index in [4.69, 9.17) is 4.42 Å². The summed E-state index contributed by atoms with van der Waals surface area (Å²) >= 11 is 0. The highest BCUT2D eigenvalue weighted by atomic mass is 16.4. The first-order chi connectivity index (χ1) is 10.7. The second-order valence-electron chi connectivity index (χ2n) is 6.93. The van der Waals surface area contributed by atoms with Crippen molar-refractivity contribution in [2.45, 2.75) is 57.7 Å². The first kappa shape index (κ1) is 14.1. The van der Waals surface area contributed by atoms with Gasteiger partial charge in [0.1, 0.15) is 5.52 Å². The number of piperidine rings is 1. The molecule has 3 atom stereocenters. The first-order valence-corrected chi connectivity index (χ1v) is 8.60. The first-order valence-electron chi connectivity index (χ1n) is 8.60. The molecule has 2 aliphatic rings. The van der Waals surface area contributed by atoms with Crippen LogP contribution in [-0.2, 0) is 0 Å². The molecule has 4 heteroatoms. The molecule has 1 aromatic heterocycles.